The first-order valence-corrected chi connectivity index (χ1v) is 8.26. The number of aromatic nitrogens is 2. The molecule has 3 heterocycles. The maximum Gasteiger partial charge on any atom is 0.253 e. The molecule has 1 aromatic carbocycles. The minimum Gasteiger partial charge on any atom is -0.337 e. The minimum absolute atomic E-state index is 0. The highest BCUT2D eigenvalue weighted by Crippen LogP contribution is 2.20. The first-order valence-electron chi connectivity index (χ1n) is 8.26. The molecule has 0 radical (unpaired) electrons. The van der Waals surface area contributed by atoms with E-state index in [1.54, 1.807) is 12.4 Å². The second-order valence-electron chi connectivity index (χ2n) is 6.24. The number of piperazine rings is 1. The monoisotopic (exact) mass is 347 g/mol. The SMILES string of the molecule is Cl.O=C(c1ccc2nccnc2c1)N1CCC(N2CCNCC2)C1. The van der Waals surface area contributed by atoms with Gasteiger partial charge in [0.2, 0.25) is 0 Å². The fraction of sp³-hybridized carbons (Fsp3) is 0.471. The summed E-state index contributed by atoms with van der Waals surface area (Å²) in [4.78, 5) is 25.8. The first-order chi connectivity index (χ1) is 11.3. The number of carbonyl (C=O) groups excluding carboxylic acids is 1. The van der Waals surface area contributed by atoms with E-state index in [0.29, 0.717) is 11.6 Å². The lowest BCUT2D eigenvalue weighted by atomic mass is 10.1. The quantitative estimate of drug-likeness (QED) is 0.883. The van der Waals surface area contributed by atoms with Crippen LogP contribution in [-0.2, 0) is 0 Å². The van der Waals surface area contributed by atoms with Gasteiger partial charge >= 0.3 is 0 Å². The van der Waals surface area contributed by atoms with Crippen LogP contribution in [0.3, 0.4) is 0 Å². The van der Waals surface area contributed by atoms with E-state index < -0.39 is 0 Å². The third kappa shape index (κ3) is 3.36. The Balaban J connectivity index is 0.00000169. The molecule has 0 spiro atoms. The number of benzene rings is 1. The van der Waals surface area contributed by atoms with Gasteiger partial charge in [-0.3, -0.25) is 19.7 Å². The maximum absolute atomic E-state index is 12.8. The molecule has 0 aliphatic carbocycles. The van der Waals surface area contributed by atoms with Gasteiger partial charge < -0.3 is 10.2 Å². The van der Waals surface area contributed by atoms with Crippen molar-refractivity contribution in [2.24, 2.45) is 0 Å². The molecule has 1 unspecified atom stereocenters. The molecule has 4 rings (SSSR count). The Morgan fingerprint density at radius 1 is 1.08 bits per heavy atom. The second kappa shape index (κ2) is 7.42. The van der Waals surface area contributed by atoms with Gasteiger partial charge in [0.15, 0.2) is 0 Å². The van der Waals surface area contributed by atoms with E-state index in [0.717, 1.165) is 56.7 Å². The molecule has 2 aliphatic rings. The fourth-order valence-electron chi connectivity index (χ4n) is 3.55. The van der Waals surface area contributed by atoms with Crippen molar-refractivity contribution < 1.29 is 4.79 Å². The summed E-state index contributed by atoms with van der Waals surface area (Å²) in [6, 6.07) is 6.08. The zero-order valence-corrected chi connectivity index (χ0v) is 14.3. The predicted molar refractivity (Wildman–Crippen MR) is 95.5 cm³/mol. The summed E-state index contributed by atoms with van der Waals surface area (Å²) in [6.07, 6.45) is 4.40. The topological polar surface area (TPSA) is 61.4 Å². The van der Waals surface area contributed by atoms with E-state index >= 15 is 0 Å². The molecule has 7 heteroatoms. The minimum atomic E-state index is 0. The number of amides is 1. The summed E-state index contributed by atoms with van der Waals surface area (Å²) < 4.78 is 0. The molecule has 2 aromatic rings. The van der Waals surface area contributed by atoms with Crippen LogP contribution in [-0.4, -0.2) is 71.0 Å². The van der Waals surface area contributed by atoms with Gasteiger partial charge in [-0.2, -0.15) is 0 Å². The molecule has 0 saturated carbocycles. The number of carbonyl (C=O) groups is 1. The summed E-state index contributed by atoms with van der Waals surface area (Å²) in [6.45, 7) is 5.93. The summed E-state index contributed by atoms with van der Waals surface area (Å²) in [5.41, 5.74) is 2.30. The molecule has 1 aromatic heterocycles. The molecule has 1 N–H and O–H groups in total. The summed E-state index contributed by atoms with van der Waals surface area (Å²) in [7, 11) is 0. The maximum atomic E-state index is 12.8. The zero-order chi connectivity index (χ0) is 15.6. The number of nitrogens with zero attached hydrogens (tertiary/aromatic N) is 4. The van der Waals surface area contributed by atoms with E-state index in [2.05, 4.69) is 20.2 Å². The molecule has 24 heavy (non-hydrogen) atoms. The number of likely N-dealkylation sites (tertiary alicyclic amines) is 1. The van der Waals surface area contributed by atoms with Crippen LogP contribution in [0.2, 0.25) is 0 Å². The lowest BCUT2D eigenvalue weighted by Crippen LogP contribution is -2.49. The molecule has 2 fully saturated rings. The van der Waals surface area contributed by atoms with Crippen molar-refractivity contribution >= 4 is 29.3 Å². The van der Waals surface area contributed by atoms with E-state index in [9.17, 15) is 4.79 Å². The average molecular weight is 348 g/mol. The third-order valence-corrected chi connectivity index (χ3v) is 4.83. The number of fused-ring (bicyclic) bond motifs is 1. The van der Waals surface area contributed by atoms with E-state index in [-0.39, 0.29) is 18.3 Å². The van der Waals surface area contributed by atoms with Crippen LogP contribution in [0.4, 0.5) is 0 Å². The Labute approximate surface area is 147 Å². The number of rotatable bonds is 2. The highest BCUT2D eigenvalue weighted by Gasteiger charge is 2.31. The molecular weight excluding hydrogens is 326 g/mol. The highest BCUT2D eigenvalue weighted by atomic mass is 35.5. The van der Waals surface area contributed by atoms with Crippen molar-refractivity contribution in [2.75, 3.05) is 39.3 Å². The van der Waals surface area contributed by atoms with Gasteiger partial charge in [-0.05, 0) is 24.6 Å². The molecular formula is C17H22ClN5O. The van der Waals surface area contributed by atoms with Crippen molar-refractivity contribution in [3.05, 3.63) is 36.2 Å². The molecule has 6 nitrogen and oxygen atoms in total. The summed E-state index contributed by atoms with van der Waals surface area (Å²) in [5, 5.41) is 3.38. The Morgan fingerprint density at radius 2 is 1.83 bits per heavy atom. The van der Waals surface area contributed by atoms with Gasteiger partial charge in [-0.1, -0.05) is 0 Å². The zero-order valence-electron chi connectivity index (χ0n) is 13.5. The Kier molecular flexibility index (Phi) is 5.28. The average Bonchev–Trinajstić information content (AvgIpc) is 3.11. The highest BCUT2D eigenvalue weighted by molar-refractivity contribution is 5.97. The van der Waals surface area contributed by atoms with Gasteiger partial charge in [0, 0.05) is 63.3 Å². The van der Waals surface area contributed by atoms with Gasteiger partial charge in [0.25, 0.3) is 5.91 Å². The molecule has 1 amide bonds. The van der Waals surface area contributed by atoms with Crippen molar-refractivity contribution in [1.29, 1.82) is 0 Å². The molecule has 128 valence electrons. The summed E-state index contributed by atoms with van der Waals surface area (Å²) >= 11 is 0. The van der Waals surface area contributed by atoms with Gasteiger partial charge in [0.1, 0.15) is 0 Å². The van der Waals surface area contributed by atoms with E-state index in [1.807, 2.05) is 23.1 Å². The van der Waals surface area contributed by atoms with Crippen molar-refractivity contribution in [3.8, 4) is 0 Å². The lowest BCUT2D eigenvalue weighted by molar-refractivity contribution is 0.0773. The molecule has 1 atom stereocenters. The Morgan fingerprint density at radius 3 is 2.62 bits per heavy atom. The van der Waals surface area contributed by atoms with Crippen LogP contribution in [0.15, 0.2) is 30.6 Å². The van der Waals surface area contributed by atoms with Crippen molar-refractivity contribution in [3.63, 3.8) is 0 Å². The predicted octanol–water partition coefficient (Wildman–Crippen LogP) is 1.17. The Bertz CT molecular complexity index is 719. The van der Waals surface area contributed by atoms with Gasteiger partial charge in [0.05, 0.1) is 11.0 Å². The summed E-state index contributed by atoms with van der Waals surface area (Å²) in [5.74, 6) is 0.107. The van der Waals surface area contributed by atoms with Crippen LogP contribution >= 0.6 is 12.4 Å². The molecule has 2 saturated heterocycles. The lowest BCUT2D eigenvalue weighted by Gasteiger charge is -2.32. The third-order valence-electron chi connectivity index (χ3n) is 4.83. The van der Waals surface area contributed by atoms with Crippen LogP contribution in [0.25, 0.3) is 11.0 Å². The number of hydrogen-bond acceptors (Lipinski definition) is 5. The van der Waals surface area contributed by atoms with Gasteiger partial charge in [-0.25, -0.2) is 0 Å². The van der Waals surface area contributed by atoms with Crippen LogP contribution < -0.4 is 5.32 Å². The number of hydrogen-bond donors (Lipinski definition) is 1. The number of halogens is 1. The smallest absolute Gasteiger partial charge is 0.253 e. The van der Waals surface area contributed by atoms with Gasteiger partial charge in [-0.15, -0.1) is 12.4 Å². The van der Waals surface area contributed by atoms with Crippen LogP contribution in [0, 0.1) is 0 Å². The largest absolute Gasteiger partial charge is 0.337 e. The van der Waals surface area contributed by atoms with E-state index in [4.69, 9.17) is 0 Å². The molecule has 0 bridgehead atoms. The van der Waals surface area contributed by atoms with E-state index in [1.165, 1.54) is 0 Å². The first kappa shape index (κ1) is 17.1. The second-order valence-corrected chi connectivity index (χ2v) is 6.24. The van der Waals surface area contributed by atoms with Crippen molar-refractivity contribution in [2.45, 2.75) is 12.5 Å². The van der Waals surface area contributed by atoms with Crippen LogP contribution in [0.1, 0.15) is 16.8 Å². The van der Waals surface area contributed by atoms with Crippen molar-refractivity contribution in [1.82, 2.24) is 25.1 Å². The standard InChI is InChI=1S/C17H21N5O.ClH/c23-17(13-1-2-15-16(11-13)20-5-4-19-15)22-8-3-14(12-22)21-9-6-18-7-10-21;/h1-2,4-5,11,14,18H,3,6-10,12H2;1H. The molecule has 2 aliphatic heterocycles. The fourth-order valence-corrected chi connectivity index (χ4v) is 3.55. The van der Waals surface area contributed by atoms with Crippen LogP contribution in [0.5, 0.6) is 0 Å². The Hall–Kier alpha value is -1.76. The normalized spacial score (nSPS) is 21.7. The number of nitrogens with one attached hydrogen (secondary N) is 1.